The molecule has 4 nitrogen and oxygen atoms in total. The van der Waals surface area contributed by atoms with E-state index in [-0.39, 0.29) is 6.04 Å². The van der Waals surface area contributed by atoms with Crippen molar-refractivity contribution in [3.63, 3.8) is 0 Å². The van der Waals surface area contributed by atoms with Crippen LogP contribution in [-0.4, -0.2) is 55.6 Å². The minimum atomic E-state index is 0.0869. The first-order valence-electron chi connectivity index (χ1n) is 6.82. The molecular weight excluding hydrogens is 214 g/mol. The Bertz CT molecular complexity index is 231. The third kappa shape index (κ3) is 5.04. The molecule has 1 atom stereocenters. The largest absolute Gasteiger partial charge is 0.329 e. The Hall–Kier alpha value is -0.610. The van der Waals surface area contributed by atoms with Gasteiger partial charge in [-0.25, -0.2) is 0 Å². The van der Waals surface area contributed by atoms with Gasteiger partial charge in [-0.15, -0.1) is 0 Å². The maximum absolute atomic E-state index is 12.0. The molecule has 100 valence electrons. The minimum Gasteiger partial charge on any atom is -0.329 e. The molecule has 0 radical (unpaired) electrons. The van der Waals surface area contributed by atoms with Crippen molar-refractivity contribution in [3.8, 4) is 0 Å². The van der Waals surface area contributed by atoms with Gasteiger partial charge >= 0.3 is 0 Å². The zero-order chi connectivity index (χ0) is 12.7. The second kappa shape index (κ2) is 7.67. The van der Waals surface area contributed by atoms with Crippen LogP contribution >= 0.6 is 0 Å². The maximum atomic E-state index is 12.0. The van der Waals surface area contributed by atoms with Gasteiger partial charge in [-0.1, -0.05) is 19.8 Å². The van der Waals surface area contributed by atoms with E-state index in [1.807, 2.05) is 4.90 Å². The number of carbonyl (C=O) groups excluding carboxylic acids is 1. The second-order valence-electron chi connectivity index (χ2n) is 5.17. The van der Waals surface area contributed by atoms with Crippen molar-refractivity contribution in [2.75, 3.05) is 33.9 Å². The van der Waals surface area contributed by atoms with Crippen LogP contribution in [-0.2, 0) is 4.79 Å². The molecule has 1 amide bonds. The van der Waals surface area contributed by atoms with Crippen LogP contribution in [0.25, 0.3) is 0 Å². The molecule has 0 aromatic heterocycles. The highest BCUT2D eigenvalue weighted by molar-refractivity contribution is 5.83. The van der Waals surface area contributed by atoms with Crippen LogP contribution in [0.1, 0.15) is 39.0 Å². The van der Waals surface area contributed by atoms with Gasteiger partial charge < -0.3 is 9.80 Å². The first-order chi connectivity index (χ1) is 8.15. The normalized spacial score (nSPS) is 20.6. The van der Waals surface area contributed by atoms with E-state index >= 15 is 0 Å². The number of nitrogens with one attached hydrogen (secondary N) is 1. The SMILES string of the molecule is CCCCC1NCN(CCCCN(C)C)C1=O. The first-order valence-corrected chi connectivity index (χ1v) is 6.82. The Morgan fingerprint density at radius 1 is 1.35 bits per heavy atom. The minimum absolute atomic E-state index is 0.0869. The van der Waals surface area contributed by atoms with E-state index in [1.54, 1.807) is 0 Å². The van der Waals surface area contributed by atoms with Crippen molar-refractivity contribution < 1.29 is 4.79 Å². The van der Waals surface area contributed by atoms with Gasteiger partial charge in [0.2, 0.25) is 5.91 Å². The van der Waals surface area contributed by atoms with E-state index < -0.39 is 0 Å². The molecule has 1 aliphatic heterocycles. The van der Waals surface area contributed by atoms with Gasteiger partial charge in [0.15, 0.2) is 0 Å². The van der Waals surface area contributed by atoms with Gasteiger partial charge in [-0.2, -0.15) is 0 Å². The summed E-state index contributed by atoms with van der Waals surface area (Å²) in [6, 6.07) is 0.0869. The Kier molecular flexibility index (Phi) is 6.52. The van der Waals surface area contributed by atoms with Gasteiger partial charge in [0, 0.05) is 6.54 Å². The van der Waals surface area contributed by atoms with Crippen LogP contribution in [0.2, 0.25) is 0 Å². The Morgan fingerprint density at radius 3 is 2.76 bits per heavy atom. The van der Waals surface area contributed by atoms with Crippen LogP contribution in [0.3, 0.4) is 0 Å². The number of hydrogen-bond donors (Lipinski definition) is 1. The number of amides is 1. The molecule has 1 saturated heterocycles. The Balaban J connectivity index is 2.16. The fraction of sp³-hybridized carbons (Fsp3) is 0.923. The van der Waals surface area contributed by atoms with Crippen molar-refractivity contribution in [2.45, 2.75) is 45.1 Å². The Labute approximate surface area is 105 Å². The number of hydrogen-bond acceptors (Lipinski definition) is 3. The van der Waals surface area contributed by atoms with Gasteiger partial charge in [0.25, 0.3) is 0 Å². The molecule has 0 saturated carbocycles. The van der Waals surface area contributed by atoms with Crippen LogP contribution in [0.4, 0.5) is 0 Å². The van der Waals surface area contributed by atoms with Crippen molar-refractivity contribution in [1.82, 2.24) is 15.1 Å². The van der Waals surface area contributed by atoms with Crippen molar-refractivity contribution >= 4 is 5.91 Å². The molecule has 0 aliphatic carbocycles. The lowest BCUT2D eigenvalue weighted by atomic mass is 10.1. The average molecular weight is 241 g/mol. The quantitative estimate of drug-likeness (QED) is 0.650. The summed E-state index contributed by atoms with van der Waals surface area (Å²) in [6.07, 6.45) is 5.55. The van der Waals surface area contributed by atoms with Crippen LogP contribution < -0.4 is 5.32 Å². The monoisotopic (exact) mass is 241 g/mol. The third-order valence-corrected chi connectivity index (χ3v) is 3.27. The molecule has 0 aromatic carbocycles. The molecule has 0 bridgehead atoms. The highest BCUT2D eigenvalue weighted by Gasteiger charge is 2.29. The summed E-state index contributed by atoms with van der Waals surface area (Å²) in [5.41, 5.74) is 0. The zero-order valence-electron chi connectivity index (χ0n) is 11.5. The van der Waals surface area contributed by atoms with Gasteiger partial charge in [0.1, 0.15) is 0 Å². The standard InChI is InChI=1S/C13H27N3O/c1-4-5-8-12-13(17)16(11-14-12)10-7-6-9-15(2)3/h12,14H,4-11H2,1-3H3. The van der Waals surface area contributed by atoms with E-state index in [9.17, 15) is 4.79 Å². The number of carbonyl (C=O) groups is 1. The van der Waals surface area contributed by atoms with Crippen molar-refractivity contribution in [2.24, 2.45) is 0 Å². The Morgan fingerprint density at radius 2 is 2.12 bits per heavy atom. The molecular formula is C13H27N3O. The second-order valence-corrected chi connectivity index (χ2v) is 5.17. The fourth-order valence-electron chi connectivity index (χ4n) is 2.16. The molecule has 0 spiro atoms. The molecule has 0 aromatic rings. The summed E-state index contributed by atoms with van der Waals surface area (Å²) in [5.74, 6) is 0.309. The lowest BCUT2D eigenvalue weighted by Crippen LogP contribution is -2.31. The molecule has 1 fully saturated rings. The topological polar surface area (TPSA) is 35.6 Å². The van der Waals surface area contributed by atoms with E-state index in [0.29, 0.717) is 5.91 Å². The molecule has 1 unspecified atom stereocenters. The van der Waals surface area contributed by atoms with E-state index in [1.165, 1.54) is 0 Å². The lowest BCUT2D eigenvalue weighted by Gasteiger charge is -2.16. The van der Waals surface area contributed by atoms with Crippen LogP contribution in [0.15, 0.2) is 0 Å². The molecule has 1 rings (SSSR count). The molecule has 1 N–H and O–H groups in total. The molecule has 4 heteroatoms. The highest BCUT2D eigenvalue weighted by Crippen LogP contribution is 2.11. The van der Waals surface area contributed by atoms with Crippen molar-refractivity contribution in [3.05, 3.63) is 0 Å². The van der Waals surface area contributed by atoms with Gasteiger partial charge in [-0.05, 0) is 39.9 Å². The third-order valence-electron chi connectivity index (χ3n) is 3.27. The summed E-state index contributed by atoms with van der Waals surface area (Å²) in [4.78, 5) is 16.1. The van der Waals surface area contributed by atoms with Gasteiger partial charge in [0.05, 0.1) is 12.7 Å². The number of unbranched alkanes of at least 4 members (excludes halogenated alkanes) is 2. The fourth-order valence-corrected chi connectivity index (χ4v) is 2.16. The van der Waals surface area contributed by atoms with Gasteiger partial charge in [-0.3, -0.25) is 10.1 Å². The van der Waals surface area contributed by atoms with Crippen LogP contribution in [0, 0.1) is 0 Å². The summed E-state index contributed by atoms with van der Waals surface area (Å²) in [5, 5.41) is 3.31. The maximum Gasteiger partial charge on any atom is 0.240 e. The summed E-state index contributed by atoms with van der Waals surface area (Å²) < 4.78 is 0. The van der Waals surface area contributed by atoms with Crippen LogP contribution in [0.5, 0.6) is 0 Å². The predicted octanol–water partition coefficient (Wildman–Crippen LogP) is 1.28. The zero-order valence-corrected chi connectivity index (χ0v) is 11.5. The summed E-state index contributed by atoms with van der Waals surface area (Å²) in [6.45, 7) is 4.92. The lowest BCUT2D eigenvalue weighted by molar-refractivity contribution is -0.129. The smallest absolute Gasteiger partial charge is 0.240 e. The van der Waals surface area contributed by atoms with E-state index in [0.717, 1.165) is 51.9 Å². The van der Waals surface area contributed by atoms with Crippen molar-refractivity contribution in [1.29, 1.82) is 0 Å². The summed E-state index contributed by atoms with van der Waals surface area (Å²) in [7, 11) is 4.17. The molecule has 1 heterocycles. The average Bonchev–Trinajstić information content (AvgIpc) is 2.63. The number of nitrogens with zero attached hydrogens (tertiary/aromatic N) is 2. The summed E-state index contributed by atoms with van der Waals surface area (Å²) >= 11 is 0. The predicted molar refractivity (Wildman–Crippen MR) is 70.8 cm³/mol. The first kappa shape index (κ1) is 14.5. The van der Waals surface area contributed by atoms with E-state index in [2.05, 4.69) is 31.2 Å². The molecule has 1 aliphatic rings. The molecule has 17 heavy (non-hydrogen) atoms. The van der Waals surface area contributed by atoms with E-state index in [4.69, 9.17) is 0 Å². The highest BCUT2D eigenvalue weighted by atomic mass is 16.2. The number of rotatable bonds is 8.